The molecule has 0 aromatic carbocycles. The standard InChI is InChI=1S/C14H22N2O3S/c1-8-5-9(10(6-8)13(17)18)12-15-11(16-19-12)7-20-14(2,3)4/h8-10H,5-7H2,1-4H3,(H,17,18). The number of aliphatic carboxylic acids is 1. The van der Waals surface area contributed by atoms with Crippen molar-refractivity contribution in [3.63, 3.8) is 0 Å². The Bertz CT molecular complexity index is 481. The average molecular weight is 298 g/mol. The van der Waals surface area contributed by atoms with E-state index in [1.165, 1.54) is 0 Å². The third-order valence-electron chi connectivity index (χ3n) is 3.55. The second kappa shape index (κ2) is 5.76. The van der Waals surface area contributed by atoms with Gasteiger partial charge in [0.15, 0.2) is 5.82 Å². The molecule has 0 amide bonds. The normalized spacial score (nSPS) is 26.9. The Morgan fingerprint density at radius 2 is 2.15 bits per heavy atom. The van der Waals surface area contributed by atoms with Crippen molar-refractivity contribution in [1.82, 2.24) is 10.1 Å². The van der Waals surface area contributed by atoms with E-state index in [4.69, 9.17) is 4.52 Å². The average Bonchev–Trinajstić information content (AvgIpc) is 2.91. The van der Waals surface area contributed by atoms with Gasteiger partial charge in [0.05, 0.1) is 17.6 Å². The quantitative estimate of drug-likeness (QED) is 0.919. The van der Waals surface area contributed by atoms with Crippen LogP contribution in [0.3, 0.4) is 0 Å². The molecule has 1 fully saturated rings. The molecule has 1 N–H and O–H groups in total. The molecule has 0 spiro atoms. The summed E-state index contributed by atoms with van der Waals surface area (Å²) in [6.07, 6.45) is 1.50. The number of nitrogens with zero attached hydrogens (tertiary/aromatic N) is 2. The highest BCUT2D eigenvalue weighted by molar-refractivity contribution is 7.99. The maximum absolute atomic E-state index is 11.3. The van der Waals surface area contributed by atoms with E-state index in [0.717, 1.165) is 6.42 Å². The van der Waals surface area contributed by atoms with Crippen LogP contribution in [-0.4, -0.2) is 26.0 Å². The second-order valence-electron chi connectivity index (χ2n) is 6.58. The summed E-state index contributed by atoms with van der Waals surface area (Å²) in [7, 11) is 0. The lowest BCUT2D eigenvalue weighted by Crippen LogP contribution is -2.17. The molecule has 0 bridgehead atoms. The first-order chi connectivity index (χ1) is 9.26. The van der Waals surface area contributed by atoms with Gasteiger partial charge in [0.2, 0.25) is 5.89 Å². The van der Waals surface area contributed by atoms with Crippen molar-refractivity contribution >= 4 is 17.7 Å². The van der Waals surface area contributed by atoms with E-state index in [0.29, 0.717) is 29.8 Å². The Morgan fingerprint density at radius 1 is 1.45 bits per heavy atom. The maximum atomic E-state index is 11.3. The predicted molar refractivity (Wildman–Crippen MR) is 77.6 cm³/mol. The highest BCUT2D eigenvalue weighted by atomic mass is 32.2. The van der Waals surface area contributed by atoms with Crippen LogP contribution in [0.2, 0.25) is 0 Å². The zero-order valence-electron chi connectivity index (χ0n) is 12.4. The van der Waals surface area contributed by atoms with Crippen molar-refractivity contribution in [3.05, 3.63) is 11.7 Å². The summed E-state index contributed by atoms with van der Waals surface area (Å²) >= 11 is 1.75. The van der Waals surface area contributed by atoms with E-state index in [9.17, 15) is 9.90 Å². The third-order valence-corrected chi connectivity index (χ3v) is 4.82. The van der Waals surface area contributed by atoms with Crippen molar-refractivity contribution in [1.29, 1.82) is 0 Å². The number of thioether (sulfide) groups is 1. The predicted octanol–water partition coefficient (Wildman–Crippen LogP) is 3.32. The lowest BCUT2D eigenvalue weighted by atomic mass is 9.96. The summed E-state index contributed by atoms with van der Waals surface area (Å²) in [6.45, 7) is 8.48. The van der Waals surface area contributed by atoms with Gasteiger partial charge in [0.1, 0.15) is 0 Å². The van der Waals surface area contributed by atoms with Gasteiger partial charge in [-0.2, -0.15) is 4.98 Å². The molecule has 0 aliphatic heterocycles. The zero-order chi connectivity index (χ0) is 14.9. The van der Waals surface area contributed by atoms with E-state index >= 15 is 0 Å². The maximum Gasteiger partial charge on any atom is 0.307 e. The van der Waals surface area contributed by atoms with E-state index in [-0.39, 0.29) is 10.7 Å². The van der Waals surface area contributed by atoms with Gasteiger partial charge in [-0.1, -0.05) is 32.9 Å². The minimum absolute atomic E-state index is 0.136. The molecular weight excluding hydrogens is 276 g/mol. The molecule has 112 valence electrons. The van der Waals surface area contributed by atoms with Gasteiger partial charge in [-0.25, -0.2) is 0 Å². The summed E-state index contributed by atoms with van der Waals surface area (Å²) in [6, 6.07) is 0. The molecule has 0 radical (unpaired) electrons. The fraction of sp³-hybridized carbons (Fsp3) is 0.786. The van der Waals surface area contributed by atoms with E-state index in [2.05, 4.69) is 37.8 Å². The number of aromatic nitrogens is 2. The van der Waals surface area contributed by atoms with Crippen molar-refractivity contribution in [2.24, 2.45) is 11.8 Å². The number of rotatable bonds is 4. The van der Waals surface area contributed by atoms with Crippen LogP contribution < -0.4 is 0 Å². The topological polar surface area (TPSA) is 76.2 Å². The first-order valence-electron chi connectivity index (χ1n) is 6.95. The molecular formula is C14H22N2O3S. The van der Waals surface area contributed by atoms with Gasteiger partial charge in [-0.05, 0) is 18.8 Å². The smallest absolute Gasteiger partial charge is 0.307 e. The summed E-state index contributed by atoms with van der Waals surface area (Å²) < 4.78 is 5.45. The van der Waals surface area contributed by atoms with Gasteiger partial charge in [0.25, 0.3) is 0 Å². The summed E-state index contributed by atoms with van der Waals surface area (Å²) in [5, 5.41) is 13.3. The first kappa shape index (κ1) is 15.4. The molecule has 1 heterocycles. The number of hydrogen-bond donors (Lipinski definition) is 1. The van der Waals surface area contributed by atoms with Crippen LogP contribution in [0.4, 0.5) is 0 Å². The van der Waals surface area contributed by atoms with Gasteiger partial charge in [-0.3, -0.25) is 4.79 Å². The van der Waals surface area contributed by atoms with Crippen LogP contribution in [0.1, 0.15) is 58.2 Å². The highest BCUT2D eigenvalue weighted by Crippen LogP contribution is 2.42. The molecule has 3 atom stereocenters. The van der Waals surface area contributed by atoms with Crippen LogP contribution in [0.15, 0.2) is 4.52 Å². The second-order valence-corrected chi connectivity index (χ2v) is 8.38. The molecule has 1 aromatic rings. The zero-order valence-corrected chi connectivity index (χ0v) is 13.2. The lowest BCUT2D eigenvalue weighted by Gasteiger charge is -2.15. The van der Waals surface area contributed by atoms with E-state index < -0.39 is 11.9 Å². The molecule has 1 aliphatic rings. The molecule has 20 heavy (non-hydrogen) atoms. The molecule has 1 aromatic heterocycles. The largest absolute Gasteiger partial charge is 0.481 e. The minimum atomic E-state index is -0.761. The van der Waals surface area contributed by atoms with Crippen molar-refractivity contribution < 1.29 is 14.4 Å². The summed E-state index contributed by atoms with van der Waals surface area (Å²) in [5.74, 6) is 0.933. The molecule has 2 rings (SSSR count). The Balaban J connectivity index is 2.06. The number of hydrogen-bond acceptors (Lipinski definition) is 5. The molecule has 5 nitrogen and oxygen atoms in total. The first-order valence-corrected chi connectivity index (χ1v) is 7.94. The van der Waals surface area contributed by atoms with E-state index in [1.807, 2.05) is 0 Å². The summed E-state index contributed by atoms with van der Waals surface area (Å²) in [5.41, 5.74) is 0. The third kappa shape index (κ3) is 3.75. The Kier molecular flexibility index (Phi) is 4.42. The highest BCUT2D eigenvalue weighted by Gasteiger charge is 2.41. The van der Waals surface area contributed by atoms with Gasteiger partial charge >= 0.3 is 5.97 Å². The molecule has 0 saturated heterocycles. The van der Waals surface area contributed by atoms with Crippen molar-refractivity contribution in [2.75, 3.05) is 0 Å². The van der Waals surface area contributed by atoms with Crippen molar-refractivity contribution in [3.8, 4) is 0 Å². The molecule has 1 saturated carbocycles. The van der Waals surface area contributed by atoms with Crippen LogP contribution in [0, 0.1) is 11.8 Å². The Labute approximate surface area is 123 Å². The summed E-state index contributed by atoms with van der Waals surface area (Å²) in [4.78, 5) is 15.7. The van der Waals surface area contributed by atoms with Gasteiger partial charge < -0.3 is 9.63 Å². The fourth-order valence-corrected chi connectivity index (χ4v) is 3.27. The van der Waals surface area contributed by atoms with Crippen LogP contribution in [0.5, 0.6) is 0 Å². The Hall–Kier alpha value is -1.04. The van der Waals surface area contributed by atoms with Crippen LogP contribution >= 0.6 is 11.8 Å². The van der Waals surface area contributed by atoms with E-state index in [1.54, 1.807) is 11.8 Å². The molecule has 3 unspecified atom stereocenters. The molecule has 1 aliphatic carbocycles. The lowest BCUT2D eigenvalue weighted by molar-refractivity contribution is -0.142. The fourth-order valence-electron chi connectivity index (χ4n) is 2.60. The SMILES string of the molecule is CC1CC(C(=O)O)C(c2nc(CSC(C)(C)C)no2)C1. The monoisotopic (exact) mass is 298 g/mol. The number of carbonyl (C=O) groups is 1. The Morgan fingerprint density at radius 3 is 2.75 bits per heavy atom. The van der Waals surface area contributed by atoms with Crippen molar-refractivity contribution in [2.45, 2.75) is 57.0 Å². The number of carboxylic acid groups (broad SMARTS) is 1. The number of carboxylic acids is 1. The van der Waals surface area contributed by atoms with Gasteiger partial charge in [-0.15, -0.1) is 11.8 Å². The minimum Gasteiger partial charge on any atom is -0.481 e. The van der Waals surface area contributed by atoms with Crippen LogP contribution in [0.25, 0.3) is 0 Å². The molecule has 6 heteroatoms. The van der Waals surface area contributed by atoms with Crippen LogP contribution in [-0.2, 0) is 10.5 Å². The van der Waals surface area contributed by atoms with Gasteiger partial charge in [0, 0.05) is 4.75 Å².